The molecule has 0 radical (unpaired) electrons. The topological polar surface area (TPSA) is 0 Å². The molecule has 2 rings (SSSR count). The molecule has 0 aliphatic heterocycles. The van der Waals surface area contributed by atoms with Gasteiger partial charge in [0.25, 0.3) is 0 Å². The van der Waals surface area contributed by atoms with E-state index in [9.17, 15) is 0 Å². The quantitative estimate of drug-likeness (QED) is 0.334. The summed E-state index contributed by atoms with van der Waals surface area (Å²) in [6.45, 7) is 15.7. The summed E-state index contributed by atoms with van der Waals surface area (Å²) in [6, 6.07) is 9.29. The van der Waals surface area contributed by atoms with Gasteiger partial charge in [-0.1, -0.05) is 0 Å². The van der Waals surface area contributed by atoms with E-state index in [4.69, 9.17) is 0 Å². The van der Waals surface area contributed by atoms with Crippen molar-refractivity contribution in [2.45, 2.75) is 62.3 Å². The minimum atomic E-state index is 0.100. The molecule has 0 aromatic heterocycles. The molecule has 0 bridgehead atoms. The van der Waals surface area contributed by atoms with E-state index >= 15 is 0 Å². The van der Waals surface area contributed by atoms with Crippen molar-refractivity contribution in [3.63, 3.8) is 0 Å². The van der Waals surface area contributed by atoms with E-state index in [0.717, 1.165) is 0 Å². The van der Waals surface area contributed by atoms with Crippen LogP contribution in [0, 0.1) is 34.6 Å². The first-order valence-electron chi connectivity index (χ1n) is 7.83. The Balaban J connectivity index is 2.22. The van der Waals surface area contributed by atoms with Crippen molar-refractivity contribution in [3.8, 4) is 0 Å². The first kappa shape index (κ1) is 19.2. The maximum absolute atomic E-state index is 2.32. The molecule has 0 fully saturated rings. The Labute approximate surface area is 161 Å². The van der Waals surface area contributed by atoms with Crippen molar-refractivity contribution in [3.05, 3.63) is 52.1 Å². The summed E-state index contributed by atoms with van der Waals surface area (Å²) < 4.78 is 1.52. The molecule has 123 valence electrons. The molecular formula is C20H25MoS2. The van der Waals surface area contributed by atoms with Gasteiger partial charge in [-0.05, 0) is 0 Å². The molecule has 0 aliphatic rings. The SMILES string of the molecule is Cc1cc(SC(C)(C)Sc2cc(C)[c]([Mo])c(C)c2)cc(C)c1C. The van der Waals surface area contributed by atoms with Crippen molar-refractivity contribution < 1.29 is 19.8 Å². The molecule has 2 aromatic carbocycles. The van der Waals surface area contributed by atoms with Gasteiger partial charge >= 0.3 is 162 Å². The zero-order chi connectivity index (χ0) is 17.4. The van der Waals surface area contributed by atoms with Crippen molar-refractivity contribution in [2.75, 3.05) is 0 Å². The second kappa shape index (κ2) is 7.38. The standard InChI is InChI=1S/C20H25S2.Mo/c1-13-8-14(2)10-18(9-13)21-20(6,7)22-19-11-15(3)17(5)16(4)12-19;/h9-12H,1-7H3;. The van der Waals surface area contributed by atoms with E-state index < -0.39 is 0 Å². The van der Waals surface area contributed by atoms with Gasteiger partial charge in [0.15, 0.2) is 0 Å². The van der Waals surface area contributed by atoms with E-state index in [2.05, 4.69) is 92.5 Å². The van der Waals surface area contributed by atoms with Crippen LogP contribution in [0.2, 0.25) is 0 Å². The first-order valence-corrected chi connectivity index (χ1v) is 10.5. The second-order valence-electron chi connectivity index (χ2n) is 6.67. The van der Waals surface area contributed by atoms with Gasteiger partial charge < -0.3 is 0 Å². The van der Waals surface area contributed by atoms with Crippen LogP contribution in [0.4, 0.5) is 0 Å². The number of benzene rings is 2. The molecule has 0 aliphatic carbocycles. The van der Waals surface area contributed by atoms with E-state index in [1.54, 1.807) is 0 Å². The first-order chi connectivity index (χ1) is 10.6. The van der Waals surface area contributed by atoms with Crippen LogP contribution in [0.3, 0.4) is 0 Å². The Hall–Kier alpha value is -0.172. The van der Waals surface area contributed by atoms with Gasteiger partial charge in [-0.2, -0.15) is 0 Å². The third-order valence-electron chi connectivity index (χ3n) is 4.06. The average molecular weight is 425 g/mol. The zero-order valence-electron chi connectivity index (χ0n) is 15.0. The third kappa shape index (κ3) is 4.91. The summed E-state index contributed by atoms with van der Waals surface area (Å²) in [5, 5.41) is 0. The van der Waals surface area contributed by atoms with Gasteiger partial charge in [-0.15, -0.1) is 0 Å². The minimum absolute atomic E-state index is 0.100. The molecule has 0 amide bonds. The summed E-state index contributed by atoms with van der Waals surface area (Å²) >= 11 is 6.04. The maximum atomic E-state index is 2.32. The van der Waals surface area contributed by atoms with Gasteiger partial charge in [0.05, 0.1) is 0 Å². The van der Waals surface area contributed by atoms with Crippen LogP contribution in [0.1, 0.15) is 41.7 Å². The second-order valence-corrected chi connectivity index (χ2v) is 11.3. The molecule has 0 N–H and O–H groups in total. The normalized spacial score (nSPS) is 11.8. The summed E-state index contributed by atoms with van der Waals surface area (Å²) in [5.74, 6) is 0. The molecular weight excluding hydrogens is 400 g/mol. The summed E-state index contributed by atoms with van der Waals surface area (Å²) in [4.78, 5) is 2.73. The van der Waals surface area contributed by atoms with Gasteiger partial charge in [0.2, 0.25) is 0 Å². The fourth-order valence-corrected chi connectivity index (χ4v) is 5.72. The van der Waals surface area contributed by atoms with Crippen molar-refractivity contribution in [2.24, 2.45) is 0 Å². The Bertz CT molecular complexity index is 625. The predicted molar refractivity (Wildman–Crippen MR) is 102 cm³/mol. The number of hydrogen-bond donors (Lipinski definition) is 0. The van der Waals surface area contributed by atoms with Crippen molar-refractivity contribution >= 4 is 27.5 Å². The van der Waals surface area contributed by atoms with Crippen molar-refractivity contribution in [1.82, 2.24) is 0 Å². The van der Waals surface area contributed by atoms with Crippen LogP contribution in [0.25, 0.3) is 0 Å². The van der Waals surface area contributed by atoms with Crippen LogP contribution in [0.15, 0.2) is 34.1 Å². The number of aryl methyl sites for hydroxylation is 4. The van der Waals surface area contributed by atoms with E-state index in [1.807, 2.05) is 23.5 Å². The van der Waals surface area contributed by atoms with E-state index in [0.29, 0.717) is 0 Å². The zero-order valence-corrected chi connectivity index (χ0v) is 18.7. The Morgan fingerprint density at radius 3 is 1.43 bits per heavy atom. The Morgan fingerprint density at radius 2 is 1.04 bits per heavy atom. The molecule has 3 heteroatoms. The molecule has 0 atom stereocenters. The van der Waals surface area contributed by atoms with Crippen LogP contribution in [0.5, 0.6) is 0 Å². The van der Waals surface area contributed by atoms with Crippen LogP contribution >= 0.6 is 23.5 Å². The van der Waals surface area contributed by atoms with Crippen LogP contribution in [-0.2, 0) is 19.8 Å². The molecule has 0 nitrogen and oxygen atoms in total. The van der Waals surface area contributed by atoms with Crippen molar-refractivity contribution in [1.29, 1.82) is 0 Å². The molecule has 0 heterocycles. The predicted octanol–water partition coefficient (Wildman–Crippen LogP) is 6.02. The average Bonchev–Trinajstić information content (AvgIpc) is 2.41. The molecule has 0 spiro atoms. The van der Waals surface area contributed by atoms with Crippen LogP contribution < -0.4 is 3.95 Å². The Kier molecular flexibility index (Phi) is 6.14. The molecule has 0 unspecified atom stereocenters. The number of thioether (sulfide) groups is 2. The summed E-state index contributed by atoms with van der Waals surface area (Å²) in [6.07, 6.45) is 0. The van der Waals surface area contributed by atoms with Gasteiger partial charge in [-0.3, -0.25) is 0 Å². The third-order valence-corrected chi connectivity index (χ3v) is 8.07. The molecule has 0 saturated carbocycles. The monoisotopic (exact) mass is 427 g/mol. The molecule has 0 saturated heterocycles. The fraction of sp³-hybridized carbons (Fsp3) is 0.400. The molecule has 23 heavy (non-hydrogen) atoms. The number of rotatable bonds is 4. The summed E-state index contributed by atoms with van der Waals surface area (Å²) in [5.41, 5.74) is 6.96. The Morgan fingerprint density at radius 1 is 0.696 bits per heavy atom. The van der Waals surface area contributed by atoms with E-state index in [1.165, 1.54) is 41.6 Å². The molecule has 2 aromatic rings. The van der Waals surface area contributed by atoms with Gasteiger partial charge in [-0.25, -0.2) is 0 Å². The summed E-state index contributed by atoms with van der Waals surface area (Å²) in [7, 11) is 0. The van der Waals surface area contributed by atoms with Crippen LogP contribution in [-0.4, -0.2) is 4.08 Å². The fourth-order valence-electron chi connectivity index (χ4n) is 2.61. The number of hydrogen-bond acceptors (Lipinski definition) is 2. The van der Waals surface area contributed by atoms with E-state index in [-0.39, 0.29) is 4.08 Å². The van der Waals surface area contributed by atoms with Gasteiger partial charge in [0, 0.05) is 0 Å². The van der Waals surface area contributed by atoms with Gasteiger partial charge in [0.1, 0.15) is 0 Å².